The number of hydrogen-bond acceptors (Lipinski definition) is 4. The summed E-state index contributed by atoms with van der Waals surface area (Å²) in [5, 5.41) is 14.0. The lowest BCUT2D eigenvalue weighted by atomic mass is 9.87. The van der Waals surface area contributed by atoms with E-state index >= 15 is 0 Å². The van der Waals surface area contributed by atoms with Crippen LogP contribution in [-0.4, -0.2) is 40.5 Å². The van der Waals surface area contributed by atoms with E-state index in [9.17, 15) is 9.90 Å². The van der Waals surface area contributed by atoms with Crippen molar-refractivity contribution in [2.45, 2.75) is 38.8 Å². The standard InChI is InChI=1S/C14H21N3O3/c1-5-7-16-9-11(18)17(13(16)19)12-8-10(15-20-12)14(3,4)6-2/h5,8,11,18H,1,6-7,9H2,2-4H3. The van der Waals surface area contributed by atoms with Crippen LogP contribution in [0.15, 0.2) is 23.2 Å². The van der Waals surface area contributed by atoms with Gasteiger partial charge in [-0.15, -0.1) is 6.58 Å². The maximum atomic E-state index is 12.2. The van der Waals surface area contributed by atoms with Gasteiger partial charge >= 0.3 is 6.03 Å². The summed E-state index contributed by atoms with van der Waals surface area (Å²) in [6.07, 6.45) is 1.60. The molecule has 1 aliphatic heterocycles. The molecule has 1 aromatic heterocycles. The molecule has 0 spiro atoms. The molecular formula is C14H21N3O3. The van der Waals surface area contributed by atoms with Gasteiger partial charge in [-0.1, -0.05) is 32.0 Å². The molecule has 1 fully saturated rings. The van der Waals surface area contributed by atoms with Gasteiger partial charge in [0.15, 0.2) is 6.23 Å². The maximum Gasteiger partial charge on any atom is 0.329 e. The molecule has 0 radical (unpaired) electrons. The fourth-order valence-electron chi connectivity index (χ4n) is 2.07. The molecule has 2 heterocycles. The third kappa shape index (κ3) is 2.43. The molecule has 110 valence electrons. The fraction of sp³-hybridized carbons (Fsp3) is 0.571. The highest BCUT2D eigenvalue weighted by Crippen LogP contribution is 2.31. The Labute approximate surface area is 118 Å². The van der Waals surface area contributed by atoms with E-state index in [2.05, 4.69) is 32.5 Å². The zero-order valence-electron chi connectivity index (χ0n) is 12.2. The molecule has 1 atom stereocenters. The highest BCUT2D eigenvalue weighted by atomic mass is 16.5. The lowest BCUT2D eigenvalue weighted by Crippen LogP contribution is -2.34. The third-order valence-corrected chi connectivity index (χ3v) is 3.82. The summed E-state index contributed by atoms with van der Waals surface area (Å²) in [5.41, 5.74) is 0.646. The Morgan fingerprint density at radius 2 is 2.35 bits per heavy atom. The predicted molar refractivity (Wildman–Crippen MR) is 75.5 cm³/mol. The molecule has 2 rings (SSSR count). The first kappa shape index (κ1) is 14.6. The van der Waals surface area contributed by atoms with Gasteiger partial charge in [0.1, 0.15) is 0 Å². The van der Waals surface area contributed by atoms with Crippen LogP contribution >= 0.6 is 0 Å². The minimum Gasteiger partial charge on any atom is -0.371 e. The van der Waals surface area contributed by atoms with Gasteiger partial charge in [0.2, 0.25) is 5.88 Å². The Bertz CT molecular complexity index is 510. The summed E-state index contributed by atoms with van der Waals surface area (Å²) in [7, 11) is 0. The van der Waals surface area contributed by atoms with Crippen molar-refractivity contribution in [1.82, 2.24) is 10.1 Å². The van der Waals surface area contributed by atoms with Crippen LogP contribution in [-0.2, 0) is 5.41 Å². The van der Waals surface area contributed by atoms with E-state index in [0.717, 1.165) is 12.1 Å². The first-order valence-corrected chi connectivity index (χ1v) is 6.75. The van der Waals surface area contributed by atoms with E-state index in [1.807, 2.05) is 0 Å². The summed E-state index contributed by atoms with van der Waals surface area (Å²) >= 11 is 0. The molecule has 6 heteroatoms. The molecule has 20 heavy (non-hydrogen) atoms. The van der Waals surface area contributed by atoms with E-state index in [-0.39, 0.29) is 23.9 Å². The number of amides is 2. The molecule has 2 amide bonds. The second-order valence-corrected chi connectivity index (χ2v) is 5.61. The molecule has 1 saturated heterocycles. The Kier molecular flexibility index (Phi) is 3.85. The first-order valence-electron chi connectivity index (χ1n) is 6.75. The van der Waals surface area contributed by atoms with Crippen LogP contribution in [0.3, 0.4) is 0 Å². The van der Waals surface area contributed by atoms with Crippen LogP contribution in [0, 0.1) is 0 Å². The molecule has 0 saturated carbocycles. The van der Waals surface area contributed by atoms with Crippen molar-refractivity contribution >= 4 is 11.9 Å². The largest absolute Gasteiger partial charge is 0.371 e. The predicted octanol–water partition coefficient (Wildman–Crippen LogP) is 2.11. The number of anilines is 1. The first-order chi connectivity index (χ1) is 9.40. The number of carbonyl (C=O) groups is 1. The highest BCUT2D eigenvalue weighted by molar-refractivity contribution is 5.93. The molecule has 1 aromatic rings. The summed E-state index contributed by atoms with van der Waals surface area (Å²) in [6, 6.07) is 1.43. The topological polar surface area (TPSA) is 69.8 Å². The summed E-state index contributed by atoms with van der Waals surface area (Å²) < 4.78 is 5.25. The Morgan fingerprint density at radius 3 is 2.95 bits per heavy atom. The Balaban J connectivity index is 2.24. The molecule has 1 unspecified atom stereocenters. The summed E-state index contributed by atoms with van der Waals surface area (Å²) in [4.78, 5) is 14.9. The van der Waals surface area contributed by atoms with Crippen LogP contribution < -0.4 is 4.90 Å². The van der Waals surface area contributed by atoms with Crippen molar-refractivity contribution in [1.29, 1.82) is 0 Å². The van der Waals surface area contributed by atoms with Gasteiger partial charge in [-0.25, -0.2) is 9.69 Å². The molecule has 0 aliphatic carbocycles. The second kappa shape index (κ2) is 5.28. The minimum absolute atomic E-state index is 0.129. The molecule has 0 aromatic carbocycles. The SMILES string of the molecule is C=CCN1CC(O)N(c2cc(C(C)(C)CC)no2)C1=O. The van der Waals surface area contributed by atoms with Gasteiger partial charge < -0.3 is 14.5 Å². The van der Waals surface area contributed by atoms with Crippen LogP contribution in [0.5, 0.6) is 0 Å². The smallest absolute Gasteiger partial charge is 0.329 e. The molecule has 6 nitrogen and oxygen atoms in total. The van der Waals surface area contributed by atoms with E-state index in [4.69, 9.17) is 4.52 Å². The molecule has 1 aliphatic rings. The van der Waals surface area contributed by atoms with Gasteiger partial charge in [-0.05, 0) is 6.42 Å². The van der Waals surface area contributed by atoms with Crippen molar-refractivity contribution in [3.63, 3.8) is 0 Å². The highest BCUT2D eigenvalue weighted by Gasteiger charge is 2.39. The van der Waals surface area contributed by atoms with Crippen molar-refractivity contribution in [2.75, 3.05) is 18.0 Å². The quantitative estimate of drug-likeness (QED) is 0.838. The number of carbonyl (C=O) groups excluding carboxylic acids is 1. The lowest BCUT2D eigenvalue weighted by molar-refractivity contribution is 0.176. The average Bonchev–Trinajstić information content (AvgIpc) is 2.97. The average molecular weight is 279 g/mol. The minimum atomic E-state index is -0.923. The second-order valence-electron chi connectivity index (χ2n) is 5.61. The number of aliphatic hydroxyl groups is 1. The van der Waals surface area contributed by atoms with E-state index in [0.29, 0.717) is 6.54 Å². The third-order valence-electron chi connectivity index (χ3n) is 3.82. The van der Waals surface area contributed by atoms with E-state index < -0.39 is 6.23 Å². The number of nitrogens with zero attached hydrogens (tertiary/aromatic N) is 3. The number of urea groups is 1. The fourth-order valence-corrected chi connectivity index (χ4v) is 2.07. The van der Waals surface area contributed by atoms with Crippen LogP contribution in [0.25, 0.3) is 0 Å². The number of rotatable bonds is 5. The molecular weight excluding hydrogens is 258 g/mol. The zero-order valence-corrected chi connectivity index (χ0v) is 12.2. The Morgan fingerprint density at radius 1 is 1.65 bits per heavy atom. The van der Waals surface area contributed by atoms with Crippen LogP contribution in [0.1, 0.15) is 32.9 Å². The number of hydrogen-bond donors (Lipinski definition) is 1. The van der Waals surface area contributed by atoms with Gasteiger partial charge in [-0.3, -0.25) is 0 Å². The summed E-state index contributed by atoms with van der Waals surface area (Å²) in [5.74, 6) is 0.283. The maximum absolute atomic E-state index is 12.2. The lowest BCUT2D eigenvalue weighted by Gasteiger charge is -2.18. The van der Waals surface area contributed by atoms with Crippen molar-refractivity contribution in [3.8, 4) is 0 Å². The van der Waals surface area contributed by atoms with Crippen LogP contribution in [0.4, 0.5) is 10.7 Å². The zero-order chi connectivity index (χ0) is 14.9. The van der Waals surface area contributed by atoms with Crippen LogP contribution in [0.2, 0.25) is 0 Å². The Hall–Kier alpha value is -1.82. The van der Waals surface area contributed by atoms with E-state index in [1.54, 1.807) is 12.1 Å². The van der Waals surface area contributed by atoms with Gasteiger partial charge in [0, 0.05) is 18.0 Å². The van der Waals surface area contributed by atoms with Crippen molar-refractivity contribution in [2.24, 2.45) is 0 Å². The molecule has 1 N–H and O–H groups in total. The molecule has 0 bridgehead atoms. The van der Waals surface area contributed by atoms with Gasteiger partial charge in [-0.2, -0.15) is 0 Å². The number of β-amino-alcohol motifs (C(OH)–C–C–N with tert-alkyl or cyclic N) is 1. The number of aliphatic hydroxyl groups excluding tert-OH is 1. The van der Waals surface area contributed by atoms with Crippen molar-refractivity contribution in [3.05, 3.63) is 24.4 Å². The van der Waals surface area contributed by atoms with Crippen molar-refractivity contribution < 1.29 is 14.4 Å². The number of aromatic nitrogens is 1. The monoisotopic (exact) mass is 279 g/mol. The van der Waals surface area contributed by atoms with Gasteiger partial charge in [0.25, 0.3) is 0 Å². The van der Waals surface area contributed by atoms with Gasteiger partial charge in [0.05, 0.1) is 12.2 Å². The normalized spacial score (nSPS) is 19.8. The summed E-state index contributed by atoms with van der Waals surface area (Å²) in [6.45, 7) is 10.4. The van der Waals surface area contributed by atoms with E-state index in [1.165, 1.54) is 9.80 Å².